The highest BCUT2D eigenvalue weighted by molar-refractivity contribution is 6.34. The van der Waals surface area contributed by atoms with Crippen molar-refractivity contribution in [2.24, 2.45) is 5.92 Å². The van der Waals surface area contributed by atoms with Gasteiger partial charge in [-0.2, -0.15) is 18.3 Å². The minimum Gasteiger partial charge on any atom is -0.339 e. The molecule has 1 aromatic carbocycles. The second-order valence-corrected chi connectivity index (χ2v) is 11.8. The molecular weight excluding hydrogens is 660 g/mol. The summed E-state index contributed by atoms with van der Waals surface area (Å²) >= 11 is 6.44. The molecule has 5 heterocycles. The topological polar surface area (TPSA) is 165 Å². The van der Waals surface area contributed by atoms with Crippen LogP contribution in [0.25, 0.3) is 11.5 Å². The maximum Gasteiger partial charge on any atom is 0.433 e. The van der Waals surface area contributed by atoms with Gasteiger partial charge in [0.2, 0.25) is 5.91 Å². The number of amides is 3. The number of aromatic nitrogens is 6. The summed E-state index contributed by atoms with van der Waals surface area (Å²) in [5.74, 6) is -2.07. The number of nitrogens with zero attached hydrogens (tertiary/aromatic N) is 6. The van der Waals surface area contributed by atoms with E-state index in [9.17, 15) is 31.9 Å². The van der Waals surface area contributed by atoms with Gasteiger partial charge < -0.3 is 25.4 Å². The number of halogens is 5. The Kier molecular flexibility index (Phi) is 9.41. The lowest BCUT2D eigenvalue weighted by Crippen LogP contribution is -2.52. The summed E-state index contributed by atoms with van der Waals surface area (Å²) in [6.45, 7) is 3.25. The molecule has 18 heteroatoms. The maximum absolute atomic E-state index is 13.7. The molecule has 252 valence electrons. The molecule has 0 unspecified atom stereocenters. The zero-order valence-corrected chi connectivity index (χ0v) is 26.0. The van der Waals surface area contributed by atoms with Crippen LogP contribution in [0.2, 0.25) is 5.02 Å². The summed E-state index contributed by atoms with van der Waals surface area (Å²) in [5.41, 5.74) is -1.09. The molecular formula is C30H29ClF4N10O3. The number of carbonyl (C=O) groups excluding carboxylic acids is 3. The fourth-order valence-corrected chi connectivity index (χ4v) is 5.99. The second-order valence-electron chi connectivity index (χ2n) is 11.4. The fraction of sp³-hybridized carbons (Fsp3) is 0.367. The number of hydrogen-bond donors (Lipinski definition) is 4. The first-order valence-electron chi connectivity index (χ1n) is 15.0. The number of rotatable bonds is 7. The number of imidazole rings is 1. The van der Waals surface area contributed by atoms with E-state index >= 15 is 0 Å². The number of piperazine rings is 1. The largest absolute Gasteiger partial charge is 0.433 e. The summed E-state index contributed by atoms with van der Waals surface area (Å²) in [4.78, 5) is 56.6. The van der Waals surface area contributed by atoms with Crippen LogP contribution in [-0.4, -0.2) is 96.9 Å². The Morgan fingerprint density at radius 1 is 0.979 bits per heavy atom. The molecule has 4 aromatic rings. The number of aromatic amines is 2. The van der Waals surface area contributed by atoms with Crippen LogP contribution in [0.1, 0.15) is 50.8 Å². The van der Waals surface area contributed by atoms with Crippen molar-refractivity contribution in [3.8, 4) is 11.5 Å². The van der Waals surface area contributed by atoms with Gasteiger partial charge in [0.05, 0.1) is 23.0 Å². The Bertz CT molecular complexity index is 1810. The SMILES string of the molecule is O=C(Nc1ccc(C(=O)N2CCN(C(=O)C3CCNCC3)CC2)c(Cl)c1)c1ncc(Cc2c(-c3ncc(F)cn3)n[nH]c2C(F)(F)F)[nH]1. The molecule has 0 bridgehead atoms. The van der Waals surface area contributed by atoms with Crippen molar-refractivity contribution in [1.29, 1.82) is 0 Å². The average Bonchev–Trinajstić information content (AvgIpc) is 3.73. The molecule has 3 aromatic heterocycles. The molecule has 48 heavy (non-hydrogen) atoms. The van der Waals surface area contributed by atoms with Crippen LogP contribution >= 0.6 is 11.6 Å². The molecule has 2 fully saturated rings. The third kappa shape index (κ3) is 7.16. The molecule has 3 amide bonds. The van der Waals surface area contributed by atoms with Gasteiger partial charge in [-0.3, -0.25) is 19.5 Å². The quantitative estimate of drug-likeness (QED) is 0.214. The second kappa shape index (κ2) is 13.7. The van der Waals surface area contributed by atoms with Gasteiger partial charge in [-0.15, -0.1) is 0 Å². The predicted octanol–water partition coefficient (Wildman–Crippen LogP) is 3.53. The van der Waals surface area contributed by atoms with Crippen molar-refractivity contribution in [1.82, 2.24) is 45.2 Å². The lowest BCUT2D eigenvalue weighted by molar-refractivity contribution is -0.141. The van der Waals surface area contributed by atoms with E-state index in [1.807, 2.05) is 10.00 Å². The minimum absolute atomic E-state index is 0.00734. The number of H-pyrrole nitrogens is 2. The number of carbonyl (C=O) groups is 3. The Labute approximate surface area is 275 Å². The van der Waals surface area contributed by atoms with Gasteiger partial charge >= 0.3 is 6.18 Å². The van der Waals surface area contributed by atoms with E-state index in [1.54, 1.807) is 4.90 Å². The van der Waals surface area contributed by atoms with Crippen LogP contribution in [-0.2, 0) is 17.4 Å². The first kappa shape index (κ1) is 33.0. The normalized spacial score (nSPS) is 15.9. The van der Waals surface area contributed by atoms with Crippen LogP contribution in [0.4, 0.5) is 23.2 Å². The Morgan fingerprint density at radius 2 is 1.67 bits per heavy atom. The van der Waals surface area contributed by atoms with E-state index in [0.717, 1.165) is 38.3 Å². The number of alkyl halides is 3. The third-order valence-corrected chi connectivity index (χ3v) is 8.53. The highest BCUT2D eigenvalue weighted by Crippen LogP contribution is 2.35. The van der Waals surface area contributed by atoms with Gasteiger partial charge in [-0.25, -0.2) is 19.3 Å². The zero-order chi connectivity index (χ0) is 34.0. The van der Waals surface area contributed by atoms with Gasteiger partial charge in [-0.05, 0) is 44.1 Å². The van der Waals surface area contributed by atoms with Crippen LogP contribution in [0.3, 0.4) is 0 Å². The van der Waals surface area contributed by atoms with Crippen LogP contribution in [0.5, 0.6) is 0 Å². The van der Waals surface area contributed by atoms with E-state index in [2.05, 4.69) is 35.7 Å². The number of anilines is 1. The Balaban J connectivity index is 1.09. The maximum atomic E-state index is 13.7. The number of benzene rings is 1. The molecule has 2 aliphatic heterocycles. The number of nitrogens with one attached hydrogen (secondary N) is 4. The van der Waals surface area contributed by atoms with Crippen molar-refractivity contribution in [3.63, 3.8) is 0 Å². The lowest BCUT2D eigenvalue weighted by atomic mass is 9.96. The summed E-state index contributed by atoms with van der Waals surface area (Å²) in [7, 11) is 0. The van der Waals surface area contributed by atoms with Gasteiger partial charge in [0, 0.05) is 61.7 Å². The van der Waals surface area contributed by atoms with Crippen molar-refractivity contribution in [3.05, 3.63) is 76.0 Å². The molecule has 0 spiro atoms. The Hall–Kier alpha value is -4.90. The number of piperidine rings is 1. The highest BCUT2D eigenvalue weighted by atomic mass is 35.5. The molecule has 2 saturated heterocycles. The van der Waals surface area contributed by atoms with Crippen molar-refractivity contribution in [2.45, 2.75) is 25.4 Å². The molecule has 6 rings (SSSR count). The molecule has 0 radical (unpaired) electrons. The summed E-state index contributed by atoms with van der Waals surface area (Å²) in [6, 6.07) is 4.38. The summed E-state index contributed by atoms with van der Waals surface area (Å²) < 4.78 is 54.5. The molecule has 2 aliphatic rings. The van der Waals surface area contributed by atoms with Gasteiger partial charge in [0.15, 0.2) is 17.5 Å². The van der Waals surface area contributed by atoms with Crippen molar-refractivity contribution >= 4 is 35.0 Å². The summed E-state index contributed by atoms with van der Waals surface area (Å²) in [6.07, 6.45) is -0.753. The molecule has 0 saturated carbocycles. The van der Waals surface area contributed by atoms with Gasteiger partial charge in [-0.1, -0.05) is 11.6 Å². The predicted molar refractivity (Wildman–Crippen MR) is 163 cm³/mol. The smallest absolute Gasteiger partial charge is 0.339 e. The molecule has 0 aliphatic carbocycles. The third-order valence-electron chi connectivity index (χ3n) is 8.22. The standard InChI is InChI=1S/C30H29ClF4N10O3/c31-22-12-18(1-2-20(22)29(48)45-9-7-44(8-10-45)28(47)16-3-5-36-6-4-16)41-27(46)26-39-15-19(40-26)11-21-23(25-37-13-17(32)14-38-25)42-43-24(21)30(33,34)35/h1-2,12-16,36H,3-11H2,(H,39,40)(H,41,46)(H,42,43). The van der Waals surface area contributed by atoms with E-state index in [0.29, 0.717) is 26.2 Å². The van der Waals surface area contributed by atoms with Gasteiger partial charge in [0.25, 0.3) is 11.8 Å². The van der Waals surface area contributed by atoms with Crippen molar-refractivity contribution < 1.29 is 31.9 Å². The van der Waals surface area contributed by atoms with Crippen molar-refractivity contribution in [2.75, 3.05) is 44.6 Å². The fourth-order valence-electron chi connectivity index (χ4n) is 5.73. The number of hydrogen-bond acceptors (Lipinski definition) is 8. The van der Waals surface area contributed by atoms with Crippen LogP contribution in [0, 0.1) is 11.7 Å². The van der Waals surface area contributed by atoms with Crippen LogP contribution < -0.4 is 10.6 Å². The minimum atomic E-state index is -4.80. The molecule has 13 nitrogen and oxygen atoms in total. The average molecular weight is 689 g/mol. The van der Waals surface area contributed by atoms with E-state index in [4.69, 9.17) is 11.6 Å². The first-order valence-corrected chi connectivity index (χ1v) is 15.4. The monoisotopic (exact) mass is 688 g/mol. The summed E-state index contributed by atoms with van der Waals surface area (Å²) in [5, 5.41) is 11.6. The van der Waals surface area contributed by atoms with E-state index < -0.39 is 23.6 Å². The lowest BCUT2D eigenvalue weighted by Gasteiger charge is -2.37. The zero-order valence-electron chi connectivity index (χ0n) is 25.2. The molecule has 4 N–H and O–H groups in total. The Morgan fingerprint density at radius 3 is 2.33 bits per heavy atom. The van der Waals surface area contributed by atoms with E-state index in [-0.39, 0.29) is 69.0 Å². The molecule has 0 atom stereocenters. The van der Waals surface area contributed by atoms with Gasteiger partial charge in [0.1, 0.15) is 11.4 Å². The first-order chi connectivity index (χ1) is 23.0. The van der Waals surface area contributed by atoms with E-state index in [1.165, 1.54) is 24.4 Å². The highest BCUT2D eigenvalue weighted by Gasteiger charge is 2.38. The van der Waals surface area contributed by atoms with Crippen LogP contribution in [0.15, 0.2) is 36.8 Å².